The van der Waals surface area contributed by atoms with E-state index in [0.717, 1.165) is 54.6 Å². The molecule has 7 heteroatoms. The lowest BCUT2D eigenvalue weighted by Crippen LogP contribution is -2.39. The summed E-state index contributed by atoms with van der Waals surface area (Å²) >= 11 is 0. The Morgan fingerprint density at radius 2 is 1.94 bits per heavy atom. The second kappa shape index (κ2) is 9.87. The molecule has 0 radical (unpaired) electrons. The number of likely N-dealkylation sites (N-methyl/N-ethyl adjacent to an activating group) is 1. The van der Waals surface area contributed by atoms with Gasteiger partial charge in [0, 0.05) is 24.5 Å². The van der Waals surface area contributed by atoms with Crippen LogP contribution in [0, 0.1) is 0 Å². The Kier molecular flexibility index (Phi) is 6.75. The lowest BCUT2D eigenvalue weighted by atomic mass is 10.0. The number of hydrogen-bond acceptors (Lipinski definition) is 5. The van der Waals surface area contributed by atoms with Gasteiger partial charge in [-0.1, -0.05) is 30.3 Å². The van der Waals surface area contributed by atoms with Crippen molar-refractivity contribution in [3.63, 3.8) is 0 Å². The first-order valence-electron chi connectivity index (χ1n) is 10.9. The normalized spacial score (nSPS) is 15.0. The van der Waals surface area contributed by atoms with Crippen molar-refractivity contribution in [3.05, 3.63) is 65.9 Å². The number of amides is 1. The predicted octanol–water partition coefficient (Wildman–Crippen LogP) is 3.73. The van der Waals surface area contributed by atoms with Crippen molar-refractivity contribution in [1.29, 1.82) is 0 Å². The fourth-order valence-electron chi connectivity index (χ4n) is 4.25. The molecule has 1 atom stereocenters. The van der Waals surface area contributed by atoms with Crippen molar-refractivity contribution in [2.24, 2.45) is 0 Å². The number of aliphatic carboxylic acids is 1. The van der Waals surface area contributed by atoms with Crippen molar-refractivity contribution in [1.82, 2.24) is 9.80 Å². The van der Waals surface area contributed by atoms with E-state index in [-0.39, 0.29) is 18.4 Å². The molecule has 4 rings (SSSR count). The molecule has 2 aromatic carbocycles. The number of ether oxygens (including phenoxy) is 1. The third kappa shape index (κ3) is 5.11. The fraction of sp³-hybridized carbons (Fsp3) is 0.360. The van der Waals surface area contributed by atoms with Gasteiger partial charge in [-0.05, 0) is 49.7 Å². The number of fused-ring (bicyclic) bond motifs is 1. The van der Waals surface area contributed by atoms with Crippen LogP contribution >= 0.6 is 0 Å². The first-order chi connectivity index (χ1) is 15.5. The summed E-state index contributed by atoms with van der Waals surface area (Å²) in [5.74, 6) is -0.542. The number of nitrogens with zero attached hydrogens (tertiary/aromatic N) is 2. The Balaban J connectivity index is 1.55. The maximum absolute atomic E-state index is 13.3. The van der Waals surface area contributed by atoms with Gasteiger partial charge in [-0.2, -0.15) is 0 Å². The summed E-state index contributed by atoms with van der Waals surface area (Å²) in [7, 11) is 1.83. The van der Waals surface area contributed by atoms with Gasteiger partial charge in [0.15, 0.2) is 6.61 Å². The van der Waals surface area contributed by atoms with Crippen LogP contribution in [0.4, 0.5) is 0 Å². The van der Waals surface area contributed by atoms with E-state index >= 15 is 0 Å². The number of hydrogen-bond donors (Lipinski definition) is 1. The maximum atomic E-state index is 13.3. The highest BCUT2D eigenvalue weighted by Crippen LogP contribution is 2.28. The Hall–Kier alpha value is -3.32. The van der Waals surface area contributed by atoms with Crippen LogP contribution in [0.15, 0.2) is 59.2 Å². The van der Waals surface area contributed by atoms with Crippen molar-refractivity contribution >= 4 is 22.8 Å². The summed E-state index contributed by atoms with van der Waals surface area (Å²) in [5.41, 5.74) is 2.57. The van der Waals surface area contributed by atoms with Crippen LogP contribution in [0.3, 0.4) is 0 Å². The molecule has 0 spiro atoms. The molecule has 1 aliphatic rings. The van der Waals surface area contributed by atoms with E-state index in [1.165, 1.54) is 0 Å². The molecule has 168 valence electrons. The topological polar surface area (TPSA) is 83.2 Å². The molecule has 2 heterocycles. The minimum Gasteiger partial charge on any atom is -0.482 e. The molecule has 0 saturated carbocycles. The Morgan fingerprint density at radius 1 is 1.16 bits per heavy atom. The van der Waals surface area contributed by atoms with Gasteiger partial charge in [0.25, 0.3) is 0 Å². The summed E-state index contributed by atoms with van der Waals surface area (Å²) in [5, 5.41) is 9.86. The van der Waals surface area contributed by atoms with Crippen LogP contribution in [-0.2, 0) is 16.0 Å². The minimum atomic E-state index is -1.02. The molecule has 1 saturated heterocycles. The molecule has 1 N–H and O–H groups in total. The number of carboxylic acids is 1. The second-order valence-corrected chi connectivity index (χ2v) is 8.22. The van der Waals surface area contributed by atoms with Crippen molar-refractivity contribution in [2.75, 3.05) is 33.3 Å². The molecular formula is C25H28N2O5. The van der Waals surface area contributed by atoms with E-state index in [2.05, 4.69) is 4.90 Å². The lowest BCUT2D eigenvalue weighted by Gasteiger charge is -2.32. The minimum absolute atomic E-state index is 0.00222. The predicted molar refractivity (Wildman–Crippen MR) is 121 cm³/mol. The number of carbonyl (C=O) groups is 2. The number of benzene rings is 2. The molecule has 1 fully saturated rings. The average Bonchev–Trinajstić information content (AvgIpc) is 3.46. The summed E-state index contributed by atoms with van der Waals surface area (Å²) < 4.78 is 11.0. The first-order valence-corrected chi connectivity index (χ1v) is 10.9. The number of likely N-dealkylation sites (tertiary alicyclic amines) is 1. The van der Waals surface area contributed by atoms with Gasteiger partial charge in [0.05, 0.1) is 18.7 Å². The van der Waals surface area contributed by atoms with Gasteiger partial charge in [-0.15, -0.1) is 0 Å². The van der Waals surface area contributed by atoms with Gasteiger partial charge in [-0.3, -0.25) is 4.79 Å². The maximum Gasteiger partial charge on any atom is 0.341 e. The summed E-state index contributed by atoms with van der Waals surface area (Å²) in [6, 6.07) is 14.9. The van der Waals surface area contributed by atoms with E-state index in [1.807, 2.05) is 49.5 Å². The standard InChI is InChI=1S/C25H28N2O5/c1-26(24(28)14-19-16-32-23-10-3-2-9-21(19)23)22(15-27-11-4-5-12-27)18-7-6-8-20(13-18)31-17-25(29)30/h2-3,6-10,13,16,22H,4-5,11-12,14-15,17H2,1H3,(H,29,30)/t22-/m1/s1. The quantitative estimate of drug-likeness (QED) is 0.550. The second-order valence-electron chi connectivity index (χ2n) is 8.22. The number of rotatable bonds is 9. The van der Waals surface area contributed by atoms with E-state index in [0.29, 0.717) is 5.75 Å². The lowest BCUT2D eigenvalue weighted by molar-refractivity contribution is -0.139. The molecule has 1 aromatic heterocycles. The van der Waals surface area contributed by atoms with Crippen LogP contribution < -0.4 is 4.74 Å². The summed E-state index contributed by atoms with van der Waals surface area (Å²) in [6.07, 6.45) is 4.23. The number of furan rings is 1. The Morgan fingerprint density at radius 3 is 2.72 bits per heavy atom. The molecule has 1 aliphatic heterocycles. The zero-order valence-corrected chi connectivity index (χ0v) is 18.2. The first kappa shape index (κ1) is 21.9. The number of carboxylic acid groups (broad SMARTS) is 1. The van der Waals surface area contributed by atoms with Crippen LogP contribution in [0.1, 0.15) is 30.0 Å². The van der Waals surface area contributed by atoms with Gasteiger partial charge in [0.1, 0.15) is 11.3 Å². The Labute approximate surface area is 187 Å². The number of carbonyl (C=O) groups excluding carboxylic acids is 1. The van der Waals surface area contributed by atoms with Crippen LogP contribution in [0.2, 0.25) is 0 Å². The highest BCUT2D eigenvalue weighted by Gasteiger charge is 2.26. The monoisotopic (exact) mass is 436 g/mol. The zero-order chi connectivity index (χ0) is 22.5. The van der Waals surface area contributed by atoms with E-state index in [1.54, 1.807) is 17.2 Å². The highest BCUT2D eigenvalue weighted by molar-refractivity contribution is 5.87. The van der Waals surface area contributed by atoms with Gasteiger partial charge in [0.2, 0.25) is 5.91 Å². The van der Waals surface area contributed by atoms with Crippen molar-refractivity contribution < 1.29 is 23.8 Å². The van der Waals surface area contributed by atoms with Gasteiger partial charge in [-0.25, -0.2) is 4.79 Å². The molecular weight excluding hydrogens is 408 g/mol. The highest BCUT2D eigenvalue weighted by atomic mass is 16.5. The summed E-state index contributed by atoms with van der Waals surface area (Å²) in [6.45, 7) is 2.35. The third-order valence-corrected chi connectivity index (χ3v) is 6.00. The molecule has 0 aliphatic carbocycles. The summed E-state index contributed by atoms with van der Waals surface area (Å²) in [4.78, 5) is 28.3. The van der Waals surface area contributed by atoms with E-state index in [9.17, 15) is 9.59 Å². The van der Waals surface area contributed by atoms with Crippen molar-refractivity contribution in [2.45, 2.75) is 25.3 Å². The van der Waals surface area contributed by atoms with Gasteiger partial charge < -0.3 is 24.1 Å². The largest absolute Gasteiger partial charge is 0.482 e. The molecule has 7 nitrogen and oxygen atoms in total. The van der Waals surface area contributed by atoms with Gasteiger partial charge >= 0.3 is 5.97 Å². The van der Waals surface area contributed by atoms with Crippen LogP contribution in [0.25, 0.3) is 11.0 Å². The molecule has 0 bridgehead atoms. The van der Waals surface area contributed by atoms with E-state index in [4.69, 9.17) is 14.3 Å². The SMILES string of the molecule is CN(C(=O)Cc1coc2ccccc12)[C@H](CN1CCCC1)c1cccc(OCC(=O)O)c1. The average molecular weight is 437 g/mol. The Bertz CT molecular complexity index is 1090. The molecule has 0 unspecified atom stereocenters. The van der Waals surface area contributed by atoms with Crippen LogP contribution in [0.5, 0.6) is 5.75 Å². The third-order valence-electron chi connectivity index (χ3n) is 6.00. The van der Waals surface area contributed by atoms with Crippen LogP contribution in [-0.4, -0.2) is 60.1 Å². The smallest absolute Gasteiger partial charge is 0.341 e. The molecule has 32 heavy (non-hydrogen) atoms. The number of para-hydroxylation sites is 1. The zero-order valence-electron chi connectivity index (χ0n) is 18.2. The van der Waals surface area contributed by atoms with E-state index < -0.39 is 12.6 Å². The fourth-order valence-corrected chi connectivity index (χ4v) is 4.25. The van der Waals surface area contributed by atoms with Crippen molar-refractivity contribution in [3.8, 4) is 5.75 Å². The molecule has 3 aromatic rings. The molecule has 1 amide bonds.